The van der Waals surface area contributed by atoms with E-state index in [1.807, 2.05) is 0 Å². The van der Waals surface area contributed by atoms with E-state index in [1.54, 1.807) is 0 Å². The van der Waals surface area contributed by atoms with Crippen molar-refractivity contribution in [1.29, 1.82) is 0 Å². The van der Waals surface area contributed by atoms with E-state index in [4.69, 9.17) is 4.74 Å². The second-order valence-corrected chi connectivity index (χ2v) is 19.8. The lowest BCUT2D eigenvalue weighted by Gasteiger charge is -2.24. The average molecular weight is 927 g/mol. The van der Waals surface area contributed by atoms with Crippen LogP contribution in [-0.4, -0.2) is 46.9 Å². The van der Waals surface area contributed by atoms with Gasteiger partial charge < -0.3 is 20.3 Å². The minimum absolute atomic E-state index is 0.0545. The SMILES string of the molecule is CCCCC/C=C/C=C/C=C/C=C/CCCCCC(CC(=O)NC(CO)C(O)CCCCCCCCCCCCCC)OC(=O)CCCCCCCCCCCCCCCCCCCCC. The first-order valence-corrected chi connectivity index (χ1v) is 28.9. The Morgan fingerprint density at radius 1 is 0.439 bits per heavy atom. The highest BCUT2D eigenvalue weighted by Gasteiger charge is 2.24. The maximum Gasteiger partial charge on any atom is 0.306 e. The molecule has 1 amide bonds. The standard InChI is InChI=1S/C60H111NO5/c1-4-7-10-13-16-19-22-25-27-29-30-31-33-35-38-41-44-47-50-53-60(65)66-56(51-48-45-42-39-36-34-32-28-26-23-20-17-14-11-8-5-2)54-59(64)61-57(55-62)58(63)52-49-46-43-40-37-24-21-18-15-12-9-6-3/h17,20,23,26,28,32,34,36,56-58,62-63H,4-16,18-19,21-22,24-25,27,29-31,33,35,37-55H2,1-3H3,(H,61,64)/b20-17+,26-23+,32-28+,36-34+. The Kier molecular flexibility index (Phi) is 52.0. The van der Waals surface area contributed by atoms with Crippen molar-refractivity contribution in [2.75, 3.05) is 6.61 Å². The molecule has 3 atom stereocenters. The lowest BCUT2D eigenvalue weighted by Crippen LogP contribution is -2.46. The van der Waals surface area contributed by atoms with E-state index in [-0.39, 0.29) is 24.9 Å². The molecule has 0 spiro atoms. The van der Waals surface area contributed by atoms with Gasteiger partial charge in [0, 0.05) is 6.42 Å². The summed E-state index contributed by atoms with van der Waals surface area (Å²) in [4.78, 5) is 26.3. The summed E-state index contributed by atoms with van der Waals surface area (Å²) < 4.78 is 5.95. The number of hydrogen-bond acceptors (Lipinski definition) is 5. The molecule has 0 radical (unpaired) electrons. The number of rotatable bonds is 52. The quantitative estimate of drug-likeness (QED) is 0.0321. The topological polar surface area (TPSA) is 95.9 Å². The molecule has 0 aliphatic carbocycles. The molecule has 0 aromatic rings. The van der Waals surface area contributed by atoms with Crippen LogP contribution in [0.4, 0.5) is 0 Å². The van der Waals surface area contributed by atoms with Gasteiger partial charge in [0.15, 0.2) is 0 Å². The van der Waals surface area contributed by atoms with Crippen LogP contribution in [0.25, 0.3) is 0 Å². The van der Waals surface area contributed by atoms with Crippen LogP contribution in [0, 0.1) is 0 Å². The summed E-state index contributed by atoms with van der Waals surface area (Å²) in [5.41, 5.74) is 0. The normalized spacial score (nSPS) is 13.5. The number of carbonyl (C=O) groups excluding carboxylic acids is 2. The number of nitrogens with one attached hydrogen (secondary N) is 1. The van der Waals surface area contributed by atoms with Crippen LogP contribution >= 0.6 is 0 Å². The smallest absolute Gasteiger partial charge is 0.306 e. The number of carbonyl (C=O) groups is 2. The lowest BCUT2D eigenvalue weighted by atomic mass is 10.0. The first-order valence-electron chi connectivity index (χ1n) is 28.9. The van der Waals surface area contributed by atoms with Crippen LogP contribution in [0.1, 0.15) is 297 Å². The number of hydrogen-bond donors (Lipinski definition) is 3. The summed E-state index contributed by atoms with van der Waals surface area (Å²) in [6.45, 7) is 6.46. The Morgan fingerprint density at radius 2 is 0.773 bits per heavy atom. The highest BCUT2D eigenvalue weighted by Crippen LogP contribution is 2.18. The van der Waals surface area contributed by atoms with Gasteiger partial charge in [-0.25, -0.2) is 0 Å². The van der Waals surface area contributed by atoms with Crippen LogP contribution in [0.15, 0.2) is 48.6 Å². The number of allylic oxidation sites excluding steroid dienone is 8. The van der Waals surface area contributed by atoms with Crippen molar-refractivity contribution in [2.45, 2.75) is 315 Å². The minimum Gasteiger partial charge on any atom is -0.462 e. The number of aliphatic hydroxyl groups excluding tert-OH is 2. The molecule has 0 rings (SSSR count). The third kappa shape index (κ3) is 48.3. The molecule has 3 unspecified atom stereocenters. The highest BCUT2D eigenvalue weighted by molar-refractivity contribution is 5.77. The van der Waals surface area contributed by atoms with Crippen molar-refractivity contribution >= 4 is 11.9 Å². The van der Waals surface area contributed by atoms with Crippen LogP contribution < -0.4 is 5.32 Å². The first kappa shape index (κ1) is 63.8. The molecule has 0 saturated heterocycles. The maximum absolute atomic E-state index is 13.2. The molecule has 6 nitrogen and oxygen atoms in total. The van der Waals surface area contributed by atoms with Crippen LogP contribution in [0.5, 0.6) is 0 Å². The zero-order valence-electron chi connectivity index (χ0n) is 44.1. The van der Waals surface area contributed by atoms with Gasteiger partial charge in [0.1, 0.15) is 6.10 Å². The molecular weight excluding hydrogens is 815 g/mol. The molecule has 0 saturated carbocycles. The van der Waals surface area contributed by atoms with Gasteiger partial charge in [0.2, 0.25) is 5.91 Å². The zero-order valence-corrected chi connectivity index (χ0v) is 44.1. The summed E-state index contributed by atoms with van der Waals surface area (Å²) in [7, 11) is 0. The second-order valence-electron chi connectivity index (χ2n) is 19.8. The molecule has 0 aliphatic heterocycles. The van der Waals surface area contributed by atoms with Gasteiger partial charge in [-0.3, -0.25) is 9.59 Å². The Bertz CT molecular complexity index is 1130. The first-order chi connectivity index (χ1) is 32.5. The fourth-order valence-corrected chi connectivity index (χ4v) is 8.86. The van der Waals surface area contributed by atoms with E-state index in [9.17, 15) is 19.8 Å². The van der Waals surface area contributed by atoms with Gasteiger partial charge in [-0.1, -0.05) is 281 Å². The molecule has 0 fully saturated rings. The Labute approximate surface area is 410 Å². The van der Waals surface area contributed by atoms with Gasteiger partial charge in [-0.2, -0.15) is 0 Å². The summed E-state index contributed by atoms with van der Waals surface area (Å²) in [5, 5.41) is 23.8. The van der Waals surface area contributed by atoms with E-state index >= 15 is 0 Å². The summed E-state index contributed by atoms with van der Waals surface area (Å²) in [6, 6.07) is -0.713. The van der Waals surface area contributed by atoms with Gasteiger partial charge in [0.25, 0.3) is 0 Å². The zero-order chi connectivity index (χ0) is 48.1. The molecule has 0 heterocycles. The van der Waals surface area contributed by atoms with Crippen LogP contribution in [0.2, 0.25) is 0 Å². The number of ether oxygens (including phenoxy) is 1. The summed E-state index contributed by atoms with van der Waals surface area (Å²) in [5.74, 6) is -0.499. The van der Waals surface area contributed by atoms with Gasteiger partial charge in [-0.05, 0) is 51.4 Å². The number of aliphatic hydroxyl groups is 2. The summed E-state index contributed by atoms with van der Waals surface area (Å²) in [6.07, 6.45) is 66.1. The molecule has 0 bridgehead atoms. The third-order valence-electron chi connectivity index (χ3n) is 13.3. The fourth-order valence-electron chi connectivity index (χ4n) is 8.86. The third-order valence-corrected chi connectivity index (χ3v) is 13.3. The Hall–Kier alpha value is -2.18. The van der Waals surface area contributed by atoms with Crippen molar-refractivity contribution in [2.24, 2.45) is 0 Å². The predicted octanol–water partition coefficient (Wildman–Crippen LogP) is 17.8. The van der Waals surface area contributed by atoms with Crippen LogP contribution in [-0.2, 0) is 14.3 Å². The van der Waals surface area contributed by atoms with Gasteiger partial charge >= 0.3 is 5.97 Å². The van der Waals surface area contributed by atoms with Gasteiger partial charge in [-0.15, -0.1) is 0 Å². The van der Waals surface area contributed by atoms with E-state index in [0.29, 0.717) is 19.3 Å². The van der Waals surface area contributed by atoms with Gasteiger partial charge in [0.05, 0.1) is 25.2 Å². The Balaban J connectivity index is 4.59. The largest absolute Gasteiger partial charge is 0.462 e. The molecule has 0 aromatic carbocycles. The molecule has 3 N–H and O–H groups in total. The Morgan fingerprint density at radius 3 is 1.20 bits per heavy atom. The van der Waals surface area contributed by atoms with Crippen molar-refractivity contribution < 1.29 is 24.5 Å². The second kappa shape index (κ2) is 53.8. The summed E-state index contributed by atoms with van der Waals surface area (Å²) >= 11 is 0. The number of amides is 1. The van der Waals surface area contributed by atoms with E-state index in [2.05, 4.69) is 74.7 Å². The van der Waals surface area contributed by atoms with E-state index in [1.165, 1.54) is 180 Å². The van der Waals surface area contributed by atoms with E-state index < -0.39 is 18.2 Å². The lowest BCUT2D eigenvalue weighted by molar-refractivity contribution is -0.151. The maximum atomic E-state index is 13.2. The number of unbranched alkanes of at least 4 members (excludes halogenated alkanes) is 35. The average Bonchev–Trinajstić information content (AvgIpc) is 3.31. The minimum atomic E-state index is -0.798. The van der Waals surface area contributed by atoms with Crippen molar-refractivity contribution in [3.63, 3.8) is 0 Å². The van der Waals surface area contributed by atoms with E-state index in [0.717, 1.165) is 70.6 Å². The molecule has 6 heteroatoms. The monoisotopic (exact) mass is 926 g/mol. The van der Waals surface area contributed by atoms with Crippen molar-refractivity contribution in [3.8, 4) is 0 Å². The molecule has 66 heavy (non-hydrogen) atoms. The number of esters is 1. The molecule has 386 valence electrons. The highest BCUT2D eigenvalue weighted by atomic mass is 16.5. The van der Waals surface area contributed by atoms with Crippen molar-refractivity contribution in [3.05, 3.63) is 48.6 Å². The van der Waals surface area contributed by atoms with Crippen molar-refractivity contribution in [1.82, 2.24) is 5.32 Å². The fraction of sp³-hybridized carbons (Fsp3) is 0.833. The predicted molar refractivity (Wildman–Crippen MR) is 287 cm³/mol. The molecular formula is C60H111NO5. The van der Waals surface area contributed by atoms with Crippen LogP contribution in [0.3, 0.4) is 0 Å². The molecule has 0 aromatic heterocycles. The molecule has 0 aliphatic rings.